The number of carbonyl (C=O) groups excluding carboxylic acids is 2. The van der Waals surface area contributed by atoms with E-state index in [0.29, 0.717) is 12.2 Å². The van der Waals surface area contributed by atoms with E-state index in [1.807, 2.05) is 6.92 Å². The molecule has 1 spiro atoms. The fourth-order valence-electron chi connectivity index (χ4n) is 3.75. The highest BCUT2D eigenvalue weighted by molar-refractivity contribution is 7.89. The Kier molecular flexibility index (Phi) is 5.36. The molecular formula is C19H21ClO6S. The van der Waals surface area contributed by atoms with Gasteiger partial charge in [-0.05, 0) is 12.5 Å². The summed E-state index contributed by atoms with van der Waals surface area (Å²) in [7, 11) is 1.35. The van der Waals surface area contributed by atoms with E-state index >= 15 is 0 Å². The lowest BCUT2D eigenvalue weighted by molar-refractivity contribution is -0.117. The molecule has 0 N–H and O–H groups in total. The molecule has 0 aromatic heterocycles. The van der Waals surface area contributed by atoms with Crippen molar-refractivity contribution >= 4 is 34.0 Å². The van der Waals surface area contributed by atoms with E-state index in [1.165, 1.54) is 26.4 Å². The van der Waals surface area contributed by atoms with Crippen LogP contribution in [0.1, 0.15) is 37.0 Å². The van der Waals surface area contributed by atoms with Crippen molar-refractivity contribution in [3.63, 3.8) is 0 Å². The minimum atomic E-state index is -1.54. The fraction of sp³-hybridized carbons (Fsp3) is 0.474. The number of ketones is 2. The molecule has 1 aromatic rings. The zero-order chi connectivity index (χ0) is 19.9. The molecule has 3 atom stereocenters. The third-order valence-corrected chi connectivity index (χ3v) is 6.89. The summed E-state index contributed by atoms with van der Waals surface area (Å²) in [4.78, 5) is 26.0. The van der Waals surface area contributed by atoms with E-state index < -0.39 is 22.3 Å². The lowest BCUT2D eigenvalue weighted by atomic mass is 9.74. The average Bonchev–Trinajstić information content (AvgIpc) is 2.98. The number of methoxy groups -OCH3 is 2. The van der Waals surface area contributed by atoms with Crippen molar-refractivity contribution in [1.82, 2.24) is 0 Å². The summed E-state index contributed by atoms with van der Waals surface area (Å²) in [6.07, 6.45) is 1.94. The van der Waals surface area contributed by atoms with Gasteiger partial charge in [-0.15, -0.1) is 0 Å². The average molecular weight is 413 g/mol. The van der Waals surface area contributed by atoms with Gasteiger partial charge in [0.2, 0.25) is 11.4 Å². The van der Waals surface area contributed by atoms with E-state index in [9.17, 15) is 13.8 Å². The molecule has 3 rings (SSSR count). The Bertz CT molecular complexity index is 877. The van der Waals surface area contributed by atoms with Crippen LogP contribution in [0.4, 0.5) is 0 Å². The van der Waals surface area contributed by atoms with Gasteiger partial charge < -0.3 is 14.2 Å². The Morgan fingerprint density at radius 1 is 1.26 bits per heavy atom. The summed E-state index contributed by atoms with van der Waals surface area (Å²) in [5.41, 5.74) is -1.33. The Hall–Kier alpha value is -1.86. The van der Waals surface area contributed by atoms with E-state index in [0.717, 1.165) is 0 Å². The number of rotatable bonds is 5. The molecule has 0 saturated carbocycles. The number of carbonyl (C=O) groups is 2. The first kappa shape index (κ1) is 19.9. The van der Waals surface area contributed by atoms with Gasteiger partial charge in [0.25, 0.3) is 0 Å². The standard InChI is InChI=1S/C19H21ClO6S/c1-5-10-7-11(21)8-14(27(23)6-2)19(10)18(22)15-12(24-3)9-13(25-4)16(20)17(15)26-19/h8-10H,5-7H2,1-4H3/t10-,19+,27?/m1/s1. The number of fused-ring (bicyclic) bond motifs is 1. The van der Waals surface area contributed by atoms with Gasteiger partial charge in [-0.1, -0.05) is 25.4 Å². The summed E-state index contributed by atoms with van der Waals surface area (Å²) in [5.74, 6) is -0.0190. The number of halogens is 1. The zero-order valence-electron chi connectivity index (χ0n) is 15.6. The molecule has 1 heterocycles. The number of Topliss-reactive ketones (excluding diaryl/α,β-unsaturated/α-hetero) is 1. The third kappa shape index (κ3) is 2.79. The minimum absolute atomic E-state index is 0.137. The molecule has 0 fully saturated rings. The normalized spacial score (nSPS) is 25.1. The highest BCUT2D eigenvalue weighted by atomic mass is 35.5. The molecule has 146 valence electrons. The molecule has 0 bridgehead atoms. The van der Waals surface area contributed by atoms with Gasteiger partial charge in [0.1, 0.15) is 22.1 Å². The van der Waals surface area contributed by atoms with Gasteiger partial charge in [0.05, 0.1) is 29.9 Å². The highest BCUT2D eigenvalue weighted by Crippen LogP contribution is 2.55. The van der Waals surface area contributed by atoms with Crippen molar-refractivity contribution in [2.24, 2.45) is 5.92 Å². The molecule has 1 aliphatic heterocycles. The zero-order valence-corrected chi connectivity index (χ0v) is 17.2. The number of ether oxygens (including phenoxy) is 3. The topological polar surface area (TPSA) is 78.9 Å². The van der Waals surface area contributed by atoms with Gasteiger partial charge in [0.15, 0.2) is 11.5 Å². The number of hydrogen-bond donors (Lipinski definition) is 0. The van der Waals surface area contributed by atoms with Crippen LogP contribution in [0.5, 0.6) is 17.2 Å². The smallest absolute Gasteiger partial charge is 0.219 e. The molecule has 27 heavy (non-hydrogen) atoms. The lowest BCUT2D eigenvalue weighted by Crippen LogP contribution is -2.53. The van der Waals surface area contributed by atoms with Crippen LogP contribution in [0, 0.1) is 5.92 Å². The molecule has 0 radical (unpaired) electrons. The molecule has 1 unspecified atom stereocenters. The lowest BCUT2D eigenvalue weighted by Gasteiger charge is -2.38. The summed E-state index contributed by atoms with van der Waals surface area (Å²) < 4.78 is 29.6. The maximum Gasteiger partial charge on any atom is 0.219 e. The summed E-state index contributed by atoms with van der Waals surface area (Å²) in [6, 6.07) is 1.52. The second-order valence-corrected chi connectivity index (χ2v) is 8.47. The van der Waals surface area contributed by atoms with Crippen LogP contribution >= 0.6 is 11.6 Å². The van der Waals surface area contributed by atoms with Crippen LogP contribution in [-0.2, 0) is 15.6 Å². The van der Waals surface area contributed by atoms with Crippen molar-refractivity contribution in [3.8, 4) is 17.2 Å². The highest BCUT2D eigenvalue weighted by Gasteiger charge is 2.60. The van der Waals surface area contributed by atoms with E-state index in [4.69, 9.17) is 25.8 Å². The van der Waals surface area contributed by atoms with Crippen molar-refractivity contribution < 1.29 is 28.0 Å². The quantitative estimate of drug-likeness (QED) is 0.738. The number of hydrogen-bond acceptors (Lipinski definition) is 6. The first-order valence-electron chi connectivity index (χ1n) is 8.67. The summed E-state index contributed by atoms with van der Waals surface area (Å²) >= 11 is 6.41. The predicted octanol–water partition coefficient (Wildman–Crippen LogP) is 3.32. The maximum absolute atomic E-state index is 13.6. The fourth-order valence-corrected chi connectivity index (χ4v) is 5.23. The van der Waals surface area contributed by atoms with E-state index in [-0.39, 0.29) is 50.7 Å². The van der Waals surface area contributed by atoms with Crippen molar-refractivity contribution in [2.45, 2.75) is 32.3 Å². The molecule has 6 nitrogen and oxygen atoms in total. The van der Waals surface area contributed by atoms with Crippen LogP contribution in [0.3, 0.4) is 0 Å². The maximum atomic E-state index is 13.6. The monoisotopic (exact) mass is 412 g/mol. The van der Waals surface area contributed by atoms with Gasteiger partial charge >= 0.3 is 0 Å². The van der Waals surface area contributed by atoms with Gasteiger partial charge in [-0.2, -0.15) is 0 Å². The molecular weight excluding hydrogens is 392 g/mol. The van der Waals surface area contributed by atoms with Crippen LogP contribution in [0.25, 0.3) is 0 Å². The van der Waals surface area contributed by atoms with E-state index in [2.05, 4.69) is 0 Å². The number of benzene rings is 1. The minimum Gasteiger partial charge on any atom is -0.496 e. The largest absolute Gasteiger partial charge is 0.496 e. The van der Waals surface area contributed by atoms with Crippen LogP contribution in [0.15, 0.2) is 17.0 Å². The Morgan fingerprint density at radius 3 is 2.48 bits per heavy atom. The molecule has 2 aliphatic rings. The summed E-state index contributed by atoms with van der Waals surface area (Å²) in [6.45, 7) is 3.60. The van der Waals surface area contributed by atoms with Crippen molar-refractivity contribution in [1.29, 1.82) is 0 Å². The SMILES string of the molecule is CC[C@@H]1CC(=O)C=C(S(=O)CC)[C@@]12Oc1c(Cl)c(OC)cc(OC)c1C2=O. The van der Waals surface area contributed by atoms with Gasteiger partial charge in [-0.25, -0.2) is 0 Å². The molecule has 0 amide bonds. The van der Waals surface area contributed by atoms with E-state index in [1.54, 1.807) is 6.92 Å². The molecule has 1 aliphatic carbocycles. The molecule has 0 saturated heterocycles. The Labute approximate surface area is 165 Å². The van der Waals surface area contributed by atoms with Gasteiger partial charge in [-0.3, -0.25) is 13.8 Å². The molecule has 1 aromatic carbocycles. The van der Waals surface area contributed by atoms with Crippen LogP contribution in [-0.4, -0.2) is 41.3 Å². The Morgan fingerprint density at radius 2 is 1.93 bits per heavy atom. The van der Waals surface area contributed by atoms with Crippen LogP contribution < -0.4 is 14.2 Å². The van der Waals surface area contributed by atoms with Gasteiger partial charge in [0, 0.05) is 24.2 Å². The third-order valence-electron chi connectivity index (χ3n) is 5.10. The summed E-state index contributed by atoms with van der Waals surface area (Å²) in [5, 5.41) is 0.145. The van der Waals surface area contributed by atoms with Crippen LogP contribution in [0.2, 0.25) is 5.02 Å². The first-order valence-corrected chi connectivity index (χ1v) is 10.4. The molecule has 8 heteroatoms. The van der Waals surface area contributed by atoms with Crippen molar-refractivity contribution in [3.05, 3.63) is 27.6 Å². The second kappa shape index (κ2) is 7.28. The second-order valence-electron chi connectivity index (χ2n) is 6.38. The number of allylic oxidation sites excluding steroid dienone is 1. The predicted molar refractivity (Wildman–Crippen MR) is 102 cm³/mol. The Balaban J connectivity index is 2.30. The van der Waals surface area contributed by atoms with Crippen molar-refractivity contribution in [2.75, 3.05) is 20.0 Å². The first-order chi connectivity index (χ1) is 12.8.